The van der Waals surface area contributed by atoms with Crippen molar-refractivity contribution in [3.8, 4) is 78.6 Å². The van der Waals surface area contributed by atoms with Crippen LogP contribution < -0.4 is 0 Å². The van der Waals surface area contributed by atoms with E-state index in [4.69, 9.17) is 46.1 Å². The highest BCUT2D eigenvalue weighted by molar-refractivity contribution is 5.98. The summed E-state index contributed by atoms with van der Waals surface area (Å²) in [5.74, 6) is -2.33. The Labute approximate surface area is 427 Å². The minimum atomic E-state index is -4.31. The van der Waals surface area contributed by atoms with Crippen LogP contribution in [0.2, 0.25) is 0 Å². The molecule has 0 aliphatic heterocycles. The Hall–Kier alpha value is -7.04. The van der Waals surface area contributed by atoms with Gasteiger partial charge in [0.2, 0.25) is 0 Å². The first-order chi connectivity index (χ1) is 43.4. The summed E-state index contributed by atoms with van der Waals surface area (Å²) in [4.78, 5) is 9.67. The lowest BCUT2D eigenvalue weighted by molar-refractivity contribution is 0.446. The van der Waals surface area contributed by atoms with Gasteiger partial charge in [-0.2, -0.15) is 0 Å². The zero-order valence-electron chi connectivity index (χ0n) is 64.5. The van der Waals surface area contributed by atoms with Crippen molar-refractivity contribution in [1.82, 2.24) is 14.5 Å². The summed E-state index contributed by atoms with van der Waals surface area (Å²) in [6.07, 6.45) is 1.39. The molecule has 0 spiro atoms. The van der Waals surface area contributed by atoms with Gasteiger partial charge in [-0.1, -0.05) is 171 Å². The van der Waals surface area contributed by atoms with E-state index in [2.05, 4.69) is 4.98 Å². The fraction of sp³-hybridized carbons (Fsp3) is 0.213. The molecular weight excluding hydrogens is 791 g/mol. The average molecular weight is 880 g/mol. The molecule has 9 rings (SSSR count). The molecule has 324 valence electrons. The fourth-order valence-corrected chi connectivity index (χ4v) is 8.03. The molecule has 65 heavy (non-hydrogen) atoms. The maximum Gasteiger partial charge on any atom is 0.149 e. The van der Waals surface area contributed by atoms with Crippen LogP contribution in [-0.4, -0.2) is 19.6 Å². The lowest BCUT2D eigenvalue weighted by Gasteiger charge is -2.27. The van der Waals surface area contributed by atoms with E-state index >= 15 is 0 Å². The summed E-state index contributed by atoms with van der Waals surface area (Å²) < 4.78 is 261. The normalized spacial score (nSPS) is 21.0. The van der Waals surface area contributed by atoms with Crippen molar-refractivity contribution in [2.24, 2.45) is 0 Å². The lowest BCUT2D eigenvalue weighted by Crippen LogP contribution is -2.17. The first-order valence-corrected chi connectivity index (χ1v) is 20.3. The highest BCUT2D eigenvalue weighted by Crippen LogP contribution is 2.45. The summed E-state index contributed by atoms with van der Waals surface area (Å²) in [6, 6.07) is 39.9. The van der Waals surface area contributed by atoms with Gasteiger partial charge in [0.25, 0.3) is 0 Å². The number of phenols is 1. The van der Waals surface area contributed by atoms with Crippen LogP contribution in [0.3, 0.4) is 0 Å². The number of aromatic hydroxyl groups is 1. The topological polar surface area (TPSA) is 50.9 Å². The maximum atomic E-state index is 13.0. The van der Waals surface area contributed by atoms with Crippen LogP contribution in [0.4, 0.5) is 0 Å². The summed E-state index contributed by atoms with van der Waals surface area (Å²) in [7, 11) is 0. The molecular formula is C61H59N3O. The van der Waals surface area contributed by atoms with E-state index in [1.54, 1.807) is 91.0 Å². The highest BCUT2D eigenvalue weighted by atomic mass is 16.3. The van der Waals surface area contributed by atoms with Gasteiger partial charge in [0.15, 0.2) is 0 Å². The van der Waals surface area contributed by atoms with Gasteiger partial charge >= 0.3 is 0 Å². The highest BCUT2D eigenvalue weighted by Gasteiger charge is 2.29. The number of para-hydroxylation sites is 1. The van der Waals surface area contributed by atoms with Gasteiger partial charge in [0, 0.05) is 64.0 Å². The smallest absolute Gasteiger partial charge is 0.149 e. The zero-order valence-corrected chi connectivity index (χ0v) is 34.5. The van der Waals surface area contributed by atoms with Crippen LogP contribution in [0.15, 0.2) is 170 Å². The number of fused-ring (bicyclic) bond motifs is 1. The van der Waals surface area contributed by atoms with Crippen molar-refractivity contribution in [1.29, 1.82) is 0 Å². The van der Waals surface area contributed by atoms with Crippen LogP contribution in [0.5, 0.6) is 5.75 Å². The quantitative estimate of drug-likeness (QED) is 0.173. The largest absolute Gasteiger partial charge is 0.507 e. The second-order valence-electron chi connectivity index (χ2n) is 15.9. The molecule has 0 atom stereocenters. The Morgan fingerprint density at radius 3 is 1.83 bits per heavy atom. The molecule has 2 aromatic heterocycles. The molecule has 0 aliphatic carbocycles. The van der Waals surface area contributed by atoms with Gasteiger partial charge in [-0.3, -0.25) is 9.55 Å². The number of nitrogens with zero attached hydrogens (tertiary/aromatic N) is 3. The van der Waals surface area contributed by atoms with Crippen molar-refractivity contribution in [3.63, 3.8) is 0 Å². The molecule has 4 nitrogen and oxygen atoms in total. The summed E-state index contributed by atoms with van der Waals surface area (Å²) in [5.41, 5.74) is -13.9. The van der Waals surface area contributed by atoms with E-state index in [0.717, 1.165) is 10.6 Å². The average Bonchev–Trinajstić information content (AvgIpc) is 1.16. The standard InChI is InChI=1S/C61H59N3O/c1-39-31-43(40-19-13-11-14-20-40)27-28-54(39)64-55-26-18-25-50(56(55)63-58(64)51-37-49(60(5,6)7)38-52(57(51)65)61(8,9)10)46-32-45(41-21-15-12-16-22-41)33-47(34-46)53-36-44(29-30-62-53)42-23-17-24-48(35-42)59(2,3)4/h11-38,65H,1-10H3/i1D3,2D3,3D3,4D3,5D3,6D3,7D3,8D3,9D3,10D3. The fourth-order valence-electron chi connectivity index (χ4n) is 8.03. The number of aryl methyl sites for hydroxylation is 1. The maximum absolute atomic E-state index is 13.0. The Bertz CT molecular complexity index is 4240. The number of benzene rings is 7. The van der Waals surface area contributed by atoms with E-state index in [1.165, 1.54) is 60.8 Å². The van der Waals surface area contributed by atoms with Crippen molar-refractivity contribution >= 4 is 11.0 Å². The molecule has 0 amide bonds. The number of hydrogen-bond acceptors (Lipinski definition) is 3. The van der Waals surface area contributed by atoms with E-state index in [-0.39, 0.29) is 45.2 Å². The van der Waals surface area contributed by atoms with Gasteiger partial charge in [-0.15, -0.1) is 0 Å². The monoisotopic (exact) mass is 880 g/mol. The molecule has 9 aromatic rings. The SMILES string of the molecule is [2H]C([2H])([2H])c1cc(-c2ccccc2)ccc1-n1c(-c2cc(C(C([2H])([2H])[2H])(C([2H])([2H])[2H])C([2H])([2H])[2H])cc(C(C([2H])([2H])[2H])(C([2H])([2H])[2H])C([2H])([2H])[2H])c2O)nc2c(-c3cc(-c4ccccc4)cc(-c4cc(-c5cccc(C(C([2H])([2H])[2H])(C([2H])([2H])[2H])C([2H])([2H])[2H])c5)ccn4)c3)cccc21. The molecule has 0 saturated carbocycles. The van der Waals surface area contributed by atoms with Crippen molar-refractivity contribution in [3.05, 3.63) is 192 Å². The Balaban J connectivity index is 1.45. The number of aromatic nitrogens is 3. The molecule has 0 unspecified atom stereocenters. The zero-order chi connectivity index (χ0) is 70.8. The third-order valence-electron chi connectivity index (χ3n) is 11.3. The second-order valence-corrected chi connectivity index (χ2v) is 15.9. The molecule has 1 N–H and O–H groups in total. The summed E-state index contributed by atoms with van der Waals surface area (Å²) in [5, 5.41) is 13.0. The number of hydrogen-bond donors (Lipinski definition) is 1. The molecule has 4 heteroatoms. The summed E-state index contributed by atoms with van der Waals surface area (Å²) in [6.45, 7) is -39.2. The minimum Gasteiger partial charge on any atom is -0.507 e. The molecule has 7 aromatic carbocycles. The van der Waals surface area contributed by atoms with Crippen molar-refractivity contribution in [2.45, 2.75) is 84.8 Å². The van der Waals surface area contributed by atoms with Gasteiger partial charge in [0.05, 0.1) is 28.0 Å². The number of rotatable bonds is 7. The lowest BCUT2D eigenvalue weighted by atomic mass is 9.79. The van der Waals surface area contributed by atoms with Gasteiger partial charge in [0.1, 0.15) is 11.6 Å². The Morgan fingerprint density at radius 2 is 1.11 bits per heavy atom. The number of imidazole rings is 1. The first kappa shape index (κ1) is 20.4. The van der Waals surface area contributed by atoms with E-state index < -0.39 is 124 Å². The van der Waals surface area contributed by atoms with Crippen LogP contribution >= 0.6 is 0 Å². The number of phenolic OH excluding ortho intramolecular Hbond substituents is 1. The molecule has 0 aliphatic rings. The van der Waals surface area contributed by atoms with Crippen LogP contribution in [0, 0.1) is 6.85 Å². The second kappa shape index (κ2) is 16.5. The first-order valence-electron chi connectivity index (χ1n) is 35.3. The van der Waals surface area contributed by atoms with Crippen LogP contribution in [0.25, 0.3) is 83.9 Å². The third-order valence-corrected chi connectivity index (χ3v) is 11.3. The van der Waals surface area contributed by atoms with E-state index in [0.29, 0.717) is 39.4 Å². The number of pyridine rings is 1. The van der Waals surface area contributed by atoms with Gasteiger partial charge in [-0.05, 0) is 133 Å². The van der Waals surface area contributed by atoms with Crippen LogP contribution in [-0.2, 0) is 16.2 Å². The van der Waals surface area contributed by atoms with Gasteiger partial charge < -0.3 is 5.11 Å². The summed E-state index contributed by atoms with van der Waals surface area (Å²) >= 11 is 0. The van der Waals surface area contributed by atoms with Crippen molar-refractivity contribution < 1.29 is 46.2 Å². The van der Waals surface area contributed by atoms with E-state index in [9.17, 15) is 5.11 Å². The predicted molar refractivity (Wildman–Crippen MR) is 274 cm³/mol. The molecule has 0 bridgehead atoms. The van der Waals surface area contributed by atoms with Crippen LogP contribution in [0.1, 0.15) is 125 Å². The van der Waals surface area contributed by atoms with Crippen molar-refractivity contribution in [2.75, 3.05) is 0 Å². The Morgan fingerprint density at radius 1 is 0.477 bits per heavy atom. The van der Waals surface area contributed by atoms with Gasteiger partial charge in [-0.25, -0.2) is 4.98 Å². The Kier molecular flexibility index (Phi) is 5.19. The van der Waals surface area contributed by atoms with E-state index in [1.807, 2.05) is 0 Å². The molecule has 0 radical (unpaired) electrons. The molecule has 0 saturated heterocycles. The molecule has 0 fully saturated rings. The predicted octanol–water partition coefficient (Wildman–Crippen LogP) is 16.3. The third kappa shape index (κ3) is 8.54. The molecule has 2 heterocycles. The minimum absolute atomic E-state index is 0.0850.